The Morgan fingerprint density at radius 2 is 1.83 bits per heavy atom. The Kier molecular flexibility index (Phi) is 8.41. The van der Waals surface area contributed by atoms with Crippen molar-refractivity contribution in [2.24, 2.45) is 4.99 Å². The first-order valence-electron chi connectivity index (χ1n) is 9.99. The van der Waals surface area contributed by atoms with Crippen molar-refractivity contribution in [2.75, 3.05) is 11.9 Å². The monoisotopic (exact) mass is 609 g/mol. The van der Waals surface area contributed by atoms with Crippen molar-refractivity contribution >= 4 is 96.9 Å². The number of hydrogen-bond donors (Lipinski definition) is 2. The molecule has 178 valence electrons. The summed E-state index contributed by atoms with van der Waals surface area (Å²) in [6.07, 6.45) is 1.68. The molecule has 0 saturated carbocycles. The average molecular weight is 612 g/mol. The van der Waals surface area contributed by atoms with E-state index in [0.29, 0.717) is 47.8 Å². The first-order valence-corrected chi connectivity index (χ1v) is 12.7. The third-order valence-corrected chi connectivity index (χ3v) is 6.92. The fourth-order valence-electron chi connectivity index (χ4n) is 2.93. The number of amidine groups is 1. The maximum absolute atomic E-state index is 12.5. The molecule has 0 aromatic heterocycles. The molecule has 4 rings (SSSR count). The quantitative estimate of drug-likeness (QED) is 0.287. The Hall–Kier alpha value is -2.49. The van der Waals surface area contributed by atoms with Crippen LogP contribution in [0.1, 0.15) is 5.56 Å². The lowest BCUT2D eigenvalue weighted by Gasteiger charge is -2.11. The number of nitrogens with one attached hydrogen (secondary N) is 2. The highest BCUT2D eigenvalue weighted by atomic mass is 79.9. The van der Waals surface area contributed by atoms with Gasteiger partial charge >= 0.3 is 0 Å². The number of aliphatic imine (C=N–C) groups is 1. The summed E-state index contributed by atoms with van der Waals surface area (Å²) in [7, 11) is 0. The predicted molar refractivity (Wildman–Crippen MR) is 147 cm³/mol. The number of hydrogen-bond acceptors (Lipinski definition) is 5. The second-order valence-corrected chi connectivity index (χ2v) is 10.3. The maximum Gasteiger partial charge on any atom is 0.264 e. The molecule has 1 aliphatic heterocycles. The predicted octanol–water partition coefficient (Wildman–Crippen LogP) is 7.32. The number of carbonyl (C=O) groups excluding carboxylic acids is 2. The summed E-state index contributed by atoms with van der Waals surface area (Å²) in [4.78, 5) is 29.7. The van der Waals surface area contributed by atoms with Gasteiger partial charge in [0.05, 0.1) is 20.6 Å². The van der Waals surface area contributed by atoms with Crippen LogP contribution in [-0.2, 0) is 9.59 Å². The summed E-state index contributed by atoms with van der Waals surface area (Å²) >= 11 is 22.4. The van der Waals surface area contributed by atoms with Gasteiger partial charge < -0.3 is 15.4 Å². The molecule has 1 saturated heterocycles. The molecular formula is C24H15BrCl3N3O3S. The van der Waals surface area contributed by atoms with Crippen LogP contribution >= 0.6 is 62.5 Å². The maximum atomic E-state index is 12.5. The molecule has 11 heteroatoms. The molecule has 1 aliphatic rings. The van der Waals surface area contributed by atoms with E-state index in [2.05, 4.69) is 31.6 Å². The Morgan fingerprint density at radius 3 is 2.57 bits per heavy atom. The van der Waals surface area contributed by atoms with E-state index in [4.69, 9.17) is 39.5 Å². The summed E-state index contributed by atoms with van der Waals surface area (Å²) in [5.41, 5.74) is 1.78. The van der Waals surface area contributed by atoms with Crippen LogP contribution in [0.2, 0.25) is 15.1 Å². The number of halogens is 4. The van der Waals surface area contributed by atoms with Crippen molar-refractivity contribution in [3.8, 4) is 5.75 Å². The summed E-state index contributed by atoms with van der Waals surface area (Å²) in [5.74, 6) is -0.234. The van der Waals surface area contributed by atoms with Gasteiger partial charge in [0, 0.05) is 20.7 Å². The second kappa shape index (κ2) is 11.5. The van der Waals surface area contributed by atoms with E-state index in [1.165, 1.54) is 11.8 Å². The minimum Gasteiger partial charge on any atom is -0.483 e. The van der Waals surface area contributed by atoms with Crippen LogP contribution in [0.3, 0.4) is 0 Å². The van der Waals surface area contributed by atoms with Crippen LogP contribution < -0.4 is 15.4 Å². The summed E-state index contributed by atoms with van der Waals surface area (Å²) in [6, 6.07) is 17.0. The number of ether oxygens (including phenoxy) is 1. The van der Waals surface area contributed by atoms with Crippen molar-refractivity contribution in [2.45, 2.75) is 0 Å². The zero-order chi connectivity index (χ0) is 24.9. The number of amides is 2. The molecule has 0 unspecified atom stereocenters. The van der Waals surface area contributed by atoms with E-state index in [0.717, 1.165) is 4.47 Å². The van der Waals surface area contributed by atoms with Crippen molar-refractivity contribution < 1.29 is 14.3 Å². The summed E-state index contributed by atoms with van der Waals surface area (Å²) in [5, 5.41) is 7.22. The van der Waals surface area contributed by atoms with E-state index >= 15 is 0 Å². The molecule has 0 spiro atoms. The largest absolute Gasteiger partial charge is 0.483 e. The molecule has 35 heavy (non-hydrogen) atoms. The van der Waals surface area contributed by atoms with Crippen LogP contribution in [0.25, 0.3) is 6.08 Å². The highest BCUT2D eigenvalue weighted by molar-refractivity contribution is 9.10. The molecule has 2 amide bonds. The lowest BCUT2D eigenvalue weighted by molar-refractivity contribution is -0.118. The fourth-order valence-corrected chi connectivity index (χ4v) is 4.57. The highest BCUT2D eigenvalue weighted by Gasteiger charge is 2.24. The Bertz CT molecular complexity index is 1360. The van der Waals surface area contributed by atoms with Gasteiger partial charge in [-0.2, -0.15) is 0 Å². The molecular weight excluding hydrogens is 597 g/mol. The van der Waals surface area contributed by atoms with Crippen LogP contribution in [0.5, 0.6) is 5.75 Å². The number of rotatable bonds is 6. The molecule has 2 N–H and O–H groups in total. The van der Waals surface area contributed by atoms with Crippen molar-refractivity contribution in [1.82, 2.24) is 5.32 Å². The van der Waals surface area contributed by atoms with Crippen molar-refractivity contribution in [1.29, 1.82) is 0 Å². The van der Waals surface area contributed by atoms with Gasteiger partial charge in [-0.15, -0.1) is 0 Å². The zero-order valence-corrected chi connectivity index (χ0v) is 22.3. The van der Waals surface area contributed by atoms with Gasteiger partial charge in [-0.25, -0.2) is 4.99 Å². The molecule has 1 heterocycles. The average Bonchev–Trinajstić information content (AvgIpc) is 3.15. The molecule has 1 fully saturated rings. The van der Waals surface area contributed by atoms with Gasteiger partial charge in [-0.3, -0.25) is 9.59 Å². The third-order valence-electron chi connectivity index (χ3n) is 4.53. The van der Waals surface area contributed by atoms with E-state index < -0.39 is 0 Å². The van der Waals surface area contributed by atoms with Crippen LogP contribution in [0, 0.1) is 0 Å². The summed E-state index contributed by atoms with van der Waals surface area (Å²) < 4.78 is 6.53. The molecule has 0 aliphatic carbocycles. The Balaban J connectivity index is 1.47. The number of benzene rings is 3. The van der Waals surface area contributed by atoms with Gasteiger partial charge in [0.15, 0.2) is 11.8 Å². The lowest BCUT2D eigenvalue weighted by Crippen LogP contribution is -2.20. The molecule has 0 bridgehead atoms. The molecule has 6 nitrogen and oxygen atoms in total. The topological polar surface area (TPSA) is 79.8 Å². The van der Waals surface area contributed by atoms with E-state index in [1.807, 2.05) is 0 Å². The van der Waals surface area contributed by atoms with E-state index in [9.17, 15) is 9.59 Å². The lowest BCUT2D eigenvalue weighted by atomic mass is 10.2. The SMILES string of the molecule is O=C(COc1ccc(Br)cc1/C=C1/SC(=Nc2ccc(Cl)cc2)NC1=O)Nc1ccc(Cl)c(Cl)c1. The Labute approximate surface area is 228 Å². The van der Waals surface area contributed by atoms with E-state index in [1.54, 1.807) is 66.7 Å². The van der Waals surface area contributed by atoms with Gasteiger partial charge in [0.1, 0.15) is 5.75 Å². The number of thioether (sulfide) groups is 1. The molecule has 3 aromatic rings. The first kappa shape index (κ1) is 25.6. The summed E-state index contributed by atoms with van der Waals surface area (Å²) in [6.45, 7) is -0.249. The number of carbonyl (C=O) groups is 2. The van der Waals surface area contributed by atoms with Gasteiger partial charge in [-0.05, 0) is 78.5 Å². The smallest absolute Gasteiger partial charge is 0.264 e. The molecule has 3 aromatic carbocycles. The number of nitrogens with zero attached hydrogens (tertiary/aromatic N) is 1. The Morgan fingerprint density at radius 1 is 1.06 bits per heavy atom. The fraction of sp³-hybridized carbons (Fsp3) is 0.0417. The zero-order valence-electron chi connectivity index (χ0n) is 17.7. The van der Waals surface area contributed by atoms with Crippen LogP contribution in [0.4, 0.5) is 11.4 Å². The molecule has 0 radical (unpaired) electrons. The molecule has 0 atom stereocenters. The van der Waals surface area contributed by atoms with Crippen molar-refractivity contribution in [3.05, 3.63) is 90.7 Å². The van der Waals surface area contributed by atoms with Gasteiger partial charge in [0.2, 0.25) is 0 Å². The standard InChI is InChI=1S/C24H15BrCl3N3O3S/c25-14-1-8-20(34-12-22(32)29-17-6-7-18(27)19(28)11-17)13(9-14)10-21-23(33)31-24(35-21)30-16-4-2-15(26)3-5-16/h1-11H,12H2,(H,29,32)(H,30,31,33)/b21-10+. The minimum absolute atomic E-state index is 0.249. The van der Waals surface area contributed by atoms with Crippen LogP contribution in [0.15, 0.2) is 75.0 Å². The van der Waals surface area contributed by atoms with Gasteiger partial charge in [0.25, 0.3) is 11.8 Å². The second-order valence-electron chi connectivity index (χ2n) is 7.11. The van der Waals surface area contributed by atoms with Gasteiger partial charge in [-0.1, -0.05) is 50.7 Å². The van der Waals surface area contributed by atoms with Crippen LogP contribution in [-0.4, -0.2) is 23.6 Å². The highest BCUT2D eigenvalue weighted by Crippen LogP contribution is 2.32. The van der Waals surface area contributed by atoms with E-state index in [-0.39, 0.29) is 18.4 Å². The normalized spacial score (nSPS) is 15.4. The number of anilines is 1. The third kappa shape index (κ3) is 7.02. The minimum atomic E-state index is -0.379. The first-order chi connectivity index (χ1) is 16.8. The van der Waals surface area contributed by atoms with Crippen molar-refractivity contribution in [3.63, 3.8) is 0 Å².